The largest absolute Gasteiger partial charge is 0.397 e. The van der Waals surface area contributed by atoms with Gasteiger partial charge in [-0.3, -0.25) is 4.79 Å². The van der Waals surface area contributed by atoms with Crippen LogP contribution in [0.5, 0.6) is 0 Å². The van der Waals surface area contributed by atoms with Gasteiger partial charge < -0.3 is 10.6 Å². The number of likely N-dealkylation sites (tertiary alicyclic amines) is 1. The molecular formula is C17H22N2OS. The molecule has 0 spiro atoms. The summed E-state index contributed by atoms with van der Waals surface area (Å²) in [5.41, 5.74) is 8.09. The van der Waals surface area contributed by atoms with Gasteiger partial charge in [-0.2, -0.15) is 0 Å². The van der Waals surface area contributed by atoms with Crippen molar-refractivity contribution in [1.82, 2.24) is 4.90 Å². The van der Waals surface area contributed by atoms with Crippen LogP contribution in [0, 0.1) is 12.8 Å². The Morgan fingerprint density at radius 1 is 1.33 bits per heavy atom. The van der Waals surface area contributed by atoms with E-state index < -0.39 is 0 Å². The fourth-order valence-corrected chi connectivity index (χ4v) is 4.29. The van der Waals surface area contributed by atoms with Gasteiger partial charge in [0.05, 0.1) is 5.69 Å². The maximum atomic E-state index is 12.9. The highest BCUT2D eigenvalue weighted by molar-refractivity contribution is 7.21. The average Bonchev–Trinajstić information content (AvgIpc) is 2.80. The highest BCUT2D eigenvalue weighted by Gasteiger charge is 2.30. The van der Waals surface area contributed by atoms with Crippen molar-refractivity contribution in [1.29, 1.82) is 0 Å². The fraction of sp³-hybridized carbons (Fsp3) is 0.471. The summed E-state index contributed by atoms with van der Waals surface area (Å²) in [6.07, 6.45) is 2.28. The van der Waals surface area contributed by atoms with E-state index in [1.54, 1.807) is 0 Å². The van der Waals surface area contributed by atoms with Crippen LogP contribution in [-0.2, 0) is 0 Å². The van der Waals surface area contributed by atoms with Crippen molar-refractivity contribution in [2.75, 3.05) is 12.3 Å². The molecular weight excluding hydrogens is 280 g/mol. The second-order valence-electron chi connectivity index (χ2n) is 6.29. The zero-order valence-corrected chi connectivity index (χ0v) is 13.7. The summed E-state index contributed by atoms with van der Waals surface area (Å²) < 4.78 is 1.14. The van der Waals surface area contributed by atoms with E-state index in [4.69, 9.17) is 5.73 Å². The lowest BCUT2D eigenvalue weighted by molar-refractivity contribution is 0.0580. The van der Waals surface area contributed by atoms with Crippen molar-refractivity contribution in [3.8, 4) is 0 Å². The van der Waals surface area contributed by atoms with Gasteiger partial charge in [-0.1, -0.05) is 25.1 Å². The minimum Gasteiger partial charge on any atom is -0.397 e. The van der Waals surface area contributed by atoms with Crippen LogP contribution in [-0.4, -0.2) is 23.4 Å². The maximum Gasteiger partial charge on any atom is 0.266 e. The van der Waals surface area contributed by atoms with Crippen LogP contribution in [0.25, 0.3) is 10.1 Å². The zero-order chi connectivity index (χ0) is 15.1. The topological polar surface area (TPSA) is 46.3 Å². The maximum absolute atomic E-state index is 12.9. The Kier molecular flexibility index (Phi) is 3.66. The molecule has 0 bridgehead atoms. The van der Waals surface area contributed by atoms with Gasteiger partial charge in [0.25, 0.3) is 5.91 Å². The number of piperidine rings is 1. The molecule has 1 aromatic carbocycles. The first kappa shape index (κ1) is 14.4. The van der Waals surface area contributed by atoms with E-state index in [9.17, 15) is 4.79 Å². The molecule has 2 aromatic rings. The number of fused-ring (bicyclic) bond motifs is 1. The highest BCUT2D eigenvalue weighted by Crippen LogP contribution is 2.37. The molecule has 2 atom stereocenters. The number of aryl methyl sites for hydroxylation is 1. The Morgan fingerprint density at radius 2 is 2.10 bits per heavy atom. The van der Waals surface area contributed by atoms with Crippen molar-refractivity contribution < 1.29 is 4.79 Å². The van der Waals surface area contributed by atoms with Gasteiger partial charge in [-0.05, 0) is 38.2 Å². The summed E-state index contributed by atoms with van der Waals surface area (Å²) in [7, 11) is 0. The molecule has 1 fully saturated rings. The molecule has 1 aromatic heterocycles. The van der Waals surface area contributed by atoms with Gasteiger partial charge in [-0.15, -0.1) is 11.3 Å². The van der Waals surface area contributed by atoms with Crippen molar-refractivity contribution in [2.45, 2.75) is 39.7 Å². The molecule has 1 saturated heterocycles. The van der Waals surface area contributed by atoms with Crippen LogP contribution >= 0.6 is 11.3 Å². The normalized spacial score (nSPS) is 22.7. The Balaban J connectivity index is 2.01. The SMILES string of the molecule is Cc1cccc2c(N)c(C(=O)N3CC(C)CCC3C)sc12. The lowest BCUT2D eigenvalue weighted by Crippen LogP contribution is -2.44. The van der Waals surface area contributed by atoms with Crippen LogP contribution in [0.2, 0.25) is 0 Å². The van der Waals surface area contributed by atoms with Crippen LogP contribution < -0.4 is 5.73 Å². The molecule has 1 aliphatic rings. The Morgan fingerprint density at radius 3 is 2.81 bits per heavy atom. The van der Waals surface area contributed by atoms with Crippen molar-refractivity contribution in [3.05, 3.63) is 28.6 Å². The first-order valence-corrected chi connectivity index (χ1v) is 8.39. The molecule has 1 amide bonds. The first-order chi connectivity index (χ1) is 9.99. The number of anilines is 1. The molecule has 2 heterocycles. The highest BCUT2D eigenvalue weighted by atomic mass is 32.1. The Hall–Kier alpha value is -1.55. The zero-order valence-electron chi connectivity index (χ0n) is 12.8. The summed E-state index contributed by atoms with van der Waals surface area (Å²) in [5.74, 6) is 0.676. The Bertz CT molecular complexity index is 691. The van der Waals surface area contributed by atoms with E-state index in [1.165, 1.54) is 23.3 Å². The van der Waals surface area contributed by atoms with Crippen molar-refractivity contribution in [2.24, 2.45) is 5.92 Å². The second-order valence-corrected chi connectivity index (χ2v) is 7.31. The number of amides is 1. The van der Waals surface area contributed by atoms with Gasteiger partial charge in [0, 0.05) is 22.7 Å². The average molecular weight is 302 g/mol. The van der Waals surface area contributed by atoms with E-state index >= 15 is 0 Å². The number of nitrogens with two attached hydrogens (primary N) is 1. The lowest BCUT2D eigenvalue weighted by Gasteiger charge is -2.36. The number of benzene rings is 1. The molecule has 0 aliphatic carbocycles. The predicted octanol–water partition coefficient (Wildman–Crippen LogP) is 4.05. The molecule has 21 heavy (non-hydrogen) atoms. The molecule has 1 aliphatic heterocycles. The number of thiophene rings is 1. The van der Waals surface area contributed by atoms with Gasteiger partial charge >= 0.3 is 0 Å². The van der Waals surface area contributed by atoms with Crippen LogP contribution in [0.4, 0.5) is 5.69 Å². The summed E-state index contributed by atoms with van der Waals surface area (Å²) >= 11 is 1.54. The molecule has 0 radical (unpaired) electrons. The number of nitrogen functional groups attached to an aromatic ring is 1. The minimum atomic E-state index is 0.104. The van der Waals surface area contributed by atoms with Gasteiger partial charge in [0.1, 0.15) is 4.88 Å². The fourth-order valence-electron chi connectivity index (χ4n) is 3.14. The third-order valence-corrected chi connectivity index (χ3v) is 5.87. The molecule has 2 N–H and O–H groups in total. The molecule has 3 rings (SSSR count). The molecule has 3 nitrogen and oxygen atoms in total. The lowest BCUT2D eigenvalue weighted by atomic mass is 9.95. The monoisotopic (exact) mass is 302 g/mol. The van der Waals surface area contributed by atoms with E-state index in [1.807, 2.05) is 17.0 Å². The molecule has 0 saturated carbocycles. The number of hydrogen-bond donors (Lipinski definition) is 1. The number of carbonyl (C=O) groups excluding carboxylic acids is 1. The van der Waals surface area contributed by atoms with E-state index in [0.29, 0.717) is 22.5 Å². The summed E-state index contributed by atoms with van der Waals surface area (Å²) in [6, 6.07) is 6.38. The minimum absolute atomic E-state index is 0.104. The summed E-state index contributed by atoms with van der Waals surface area (Å²) in [4.78, 5) is 15.6. The second kappa shape index (κ2) is 5.34. The predicted molar refractivity (Wildman–Crippen MR) is 89.9 cm³/mol. The Labute approximate surface area is 129 Å². The summed E-state index contributed by atoms with van der Waals surface area (Å²) in [5, 5.41) is 1.01. The first-order valence-electron chi connectivity index (χ1n) is 7.57. The van der Waals surface area contributed by atoms with Gasteiger partial charge in [0.15, 0.2) is 0 Å². The number of nitrogens with zero attached hydrogens (tertiary/aromatic N) is 1. The third-order valence-electron chi connectivity index (χ3n) is 4.52. The van der Waals surface area contributed by atoms with Crippen molar-refractivity contribution in [3.63, 3.8) is 0 Å². The van der Waals surface area contributed by atoms with Crippen LogP contribution in [0.15, 0.2) is 18.2 Å². The van der Waals surface area contributed by atoms with Crippen molar-refractivity contribution >= 4 is 33.0 Å². The van der Waals surface area contributed by atoms with E-state index in [2.05, 4.69) is 26.8 Å². The number of rotatable bonds is 1. The van der Waals surface area contributed by atoms with Crippen LogP contribution in [0.1, 0.15) is 41.9 Å². The number of hydrogen-bond acceptors (Lipinski definition) is 3. The number of carbonyl (C=O) groups is 1. The van der Waals surface area contributed by atoms with E-state index in [-0.39, 0.29) is 5.91 Å². The standard InChI is InChI=1S/C17H22N2OS/c1-10-7-8-12(3)19(9-10)17(20)16-14(18)13-6-4-5-11(2)15(13)21-16/h4-6,10,12H,7-9,18H2,1-3H3. The quantitative estimate of drug-likeness (QED) is 0.863. The molecule has 112 valence electrons. The smallest absolute Gasteiger partial charge is 0.266 e. The van der Waals surface area contributed by atoms with E-state index in [0.717, 1.165) is 23.1 Å². The molecule has 4 heteroatoms. The van der Waals surface area contributed by atoms with Gasteiger partial charge in [0.2, 0.25) is 0 Å². The summed E-state index contributed by atoms with van der Waals surface area (Å²) in [6.45, 7) is 7.26. The molecule has 2 unspecified atom stereocenters. The van der Waals surface area contributed by atoms with Gasteiger partial charge in [-0.25, -0.2) is 0 Å². The third kappa shape index (κ3) is 2.42. The van der Waals surface area contributed by atoms with Crippen LogP contribution in [0.3, 0.4) is 0 Å².